The van der Waals surface area contributed by atoms with Crippen molar-refractivity contribution in [2.75, 3.05) is 18.1 Å². The Morgan fingerprint density at radius 2 is 1.64 bits per heavy atom. The number of carbonyl (C=O) groups excluding carboxylic acids is 2. The van der Waals surface area contributed by atoms with E-state index in [0.717, 1.165) is 46.6 Å². The first-order valence-corrected chi connectivity index (χ1v) is 12.3. The molecule has 2 aromatic carbocycles. The molecule has 1 atom stereocenters. The first-order valence-electron chi connectivity index (χ1n) is 11.2. The first-order chi connectivity index (χ1) is 15.9. The normalized spacial score (nSPS) is 18.9. The molecule has 2 aliphatic carbocycles. The molecule has 1 aliphatic heterocycles. The highest BCUT2D eigenvalue weighted by Gasteiger charge is 2.49. The van der Waals surface area contributed by atoms with Crippen LogP contribution < -0.4 is 10.6 Å². The molecule has 0 bridgehead atoms. The van der Waals surface area contributed by atoms with Crippen molar-refractivity contribution >= 4 is 29.7 Å². The van der Waals surface area contributed by atoms with Crippen LogP contribution in [0.25, 0.3) is 11.1 Å². The van der Waals surface area contributed by atoms with Gasteiger partial charge < -0.3 is 20.5 Å². The van der Waals surface area contributed by atoms with Gasteiger partial charge in [0.2, 0.25) is 5.91 Å². The quantitative estimate of drug-likeness (QED) is 0.578. The zero-order valence-corrected chi connectivity index (χ0v) is 18.9. The van der Waals surface area contributed by atoms with Crippen molar-refractivity contribution in [3.05, 3.63) is 59.7 Å². The maximum absolute atomic E-state index is 12.7. The van der Waals surface area contributed by atoms with Crippen LogP contribution in [0.2, 0.25) is 0 Å². The summed E-state index contributed by atoms with van der Waals surface area (Å²) in [6.45, 7) is 0.101. The van der Waals surface area contributed by atoms with Crippen molar-refractivity contribution in [1.29, 1.82) is 0 Å². The van der Waals surface area contributed by atoms with Gasteiger partial charge in [-0.3, -0.25) is 9.59 Å². The number of alkyl carbamates (subject to hydrolysis) is 1. The van der Waals surface area contributed by atoms with Crippen LogP contribution in [0.5, 0.6) is 0 Å². The Hall–Kier alpha value is -3.00. The average molecular weight is 467 g/mol. The predicted molar refractivity (Wildman–Crippen MR) is 125 cm³/mol. The second-order valence-corrected chi connectivity index (χ2v) is 10.2. The van der Waals surface area contributed by atoms with E-state index in [1.807, 2.05) is 60.3 Å². The van der Waals surface area contributed by atoms with Gasteiger partial charge >= 0.3 is 12.1 Å². The number of amides is 2. The third kappa shape index (κ3) is 4.31. The molecule has 33 heavy (non-hydrogen) atoms. The van der Waals surface area contributed by atoms with Gasteiger partial charge in [-0.25, -0.2) is 4.79 Å². The summed E-state index contributed by atoms with van der Waals surface area (Å²) in [6, 6.07) is 14.9. The zero-order chi connectivity index (χ0) is 23.0. The molecule has 3 N–H and O–H groups in total. The van der Waals surface area contributed by atoms with Gasteiger partial charge in [-0.15, -0.1) is 0 Å². The van der Waals surface area contributed by atoms with Crippen LogP contribution in [0.3, 0.4) is 0 Å². The summed E-state index contributed by atoms with van der Waals surface area (Å²) in [6.07, 6.45) is 0.537. The highest BCUT2D eigenvalue weighted by molar-refractivity contribution is 8.00. The number of carboxylic acids is 1. The third-order valence-electron chi connectivity index (χ3n) is 6.85. The lowest BCUT2D eigenvalue weighted by molar-refractivity contribution is -0.140. The smallest absolute Gasteiger partial charge is 0.407 e. The lowest BCUT2D eigenvalue weighted by atomic mass is 9.67. The van der Waals surface area contributed by atoms with Gasteiger partial charge in [0.1, 0.15) is 12.6 Å². The fourth-order valence-corrected chi connectivity index (χ4v) is 6.43. The van der Waals surface area contributed by atoms with Crippen LogP contribution in [0.1, 0.15) is 36.3 Å². The van der Waals surface area contributed by atoms with Crippen LogP contribution in [0, 0.1) is 5.41 Å². The van der Waals surface area contributed by atoms with Crippen molar-refractivity contribution in [1.82, 2.24) is 10.6 Å². The van der Waals surface area contributed by atoms with Gasteiger partial charge in [-0.2, -0.15) is 11.8 Å². The molecular formula is C25H26N2O5S. The largest absolute Gasteiger partial charge is 0.481 e. The molecule has 1 saturated heterocycles. The second-order valence-electron chi connectivity index (χ2n) is 9.23. The van der Waals surface area contributed by atoms with Crippen molar-refractivity contribution in [2.24, 2.45) is 5.41 Å². The van der Waals surface area contributed by atoms with Gasteiger partial charge in [0, 0.05) is 12.0 Å². The molecule has 2 fully saturated rings. The molecule has 3 aliphatic rings. The van der Waals surface area contributed by atoms with Crippen LogP contribution in [0.15, 0.2) is 48.5 Å². The van der Waals surface area contributed by atoms with E-state index in [0.29, 0.717) is 5.41 Å². The van der Waals surface area contributed by atoms with Crippen molar-refractivity contribution < 1.29 is 24.2 Å². The summed E-state index contributed by atoms with van der Waals surface area (Å²) in [5.41, 5.74) is 4.76. The molecular weight excluding hydrogens is 440 g/mol. The van der Waals surface area contributed by atoms with Gasteiger partial charge in [0.25, 0.3) is 0 Å². The number of benzene rings is 2. The van der Waals surface area contributed by atoms with E-state index in [-0.39, 0.29) is 18.6 Å². The minimum absolute atomic E-state index is 0.0407. The van der Waals surface area contributed by atoms with E-state index in [9.17, 15) is 19.5 Å². The molecule has 0 aromatic heterocycles. The van der Waals surface area contributed by atoms with Gasteiger partial charge in [0.05, 0.1) is 6.42 Å². The summed E-state index contributed by atoms with van der Waals surface area (Å²) >= 11 is 1.91. The van der Waals surface area contributed by atoms with Crippen molar-refractivity contribution in [3.8, 4) is 11.1 Å². The summed E-state index contributed by atoms with van der Waals surface area (Å²) in [5.74, 6) is 0.500. The van der Waals surface area contributed by atoms with Crippen LogP contribution in [-0.2, 0) is 14.3 Å². The number of nitrogens with one attached hydrogen (secondary N) is 2. The number of ether oxygens (including phenoxy) is 1. The third-order valence-corrected chi connectivity index (χ3v) is 8.49. The second kappa shape index (κ2) is 8.74. The number of carboxylic acid groups (broad SMARTS) is 1. The van der Waals surface area contributed by atoms with Gasteiger partial charge in [-0.05, 0) is 52.0 Å². The first kappa shape index (κ1) is 21.8. The lowest BCUT2D eigenvalue weighted by Crippen LogP contribution is -2.59. The Labute approximate surface area is 196 Å². The number of carbonyl (C=O) groups is 3. The SMILES string of the molecule is O=C(O)CC(NC(=O)OCC1c2ccccc2-c2ccccc21)C(=O)NC1CC2(CSC2)C1. The lowest BCUT2D eigenvalue weighted by Gasteiger charge is -2.53. The molecule has 2 amide bonds. The number of thioether (sulfide) groups is 1. The number of fused-ring (bicyclic) bond motifs is 3. The molecule has 2 aromatic rings. The minimum atomic E-state index is -1.18. The Morgan fingerprint density at radius 3 is 2.18 bits per heavy atom. The Kier molecular flexibility index (Phi) is 5.78. The Bertz CT molecular complexity index is 1050. The highest BCUT2D eigenvalue weighted by atomic mass is 32.2. The fraction of sp³-hybridized carbons (Fsp3) is 0.400. The molecule has 1 spiro atoms. The van der Waals surface area contributed by atoms with Crippen molar-refractivity contribution in [2.45, 2.75) is 37.3 Å². The summed E-state index contributed by atoms with van der Waals surface area (Å²) in [5, 5.41) is 14.6. The van der Waals surface area contributed by atoms with Crippen LogP contribution in [0.4, 0.5) is 4.79 Å². The fourth-order valence-electron chi connectivity index (χ4n) is 5.18. The number of aliphatic carboxylic acids is 1. The van der Waals surface area contributed by atoms with Crippen molar-refractivity contribution in [3.63, 3.8) is 0 Å². The van der Waals surface area contributed by atoms with Crippen LogP contribution in [-0.4, -0.2) is 53.3 Å². The summed E-state index contributed by atoms with van der Waals surface area (Å²) < 4.78 is 5.48. The van der Waals surface area contributed by atoms with E-state index < -0.39 is 30.4 Å². The molecule has 172 valence electrons. The summed E-state index contributed by atoms with van der Waals surface area (Å²) in [7, 11) is 0. The molecule has 1 unspecified atom stereocenters. The summed E-state index contributed by atoms with van der Waals surface area (Å²) in [4.78, 5) is 36.5. The van der Waals surface area contributed by atoms with Gasteiger partial charge in [-0.1, -0.05) is 48.5 Å². The van der Waals surface area contributed by atoms with E-state index in [4.69, 9.17) is 4.74 Å². The maximum atomic E-state index is 12.7. The zero-order valence-electron chi connectivity index (χ0n) is 18.1. The van der Waals surface area contributed by atoms with E-state index in [2.05, 4.69) is 10.6 Å². The van der Waals surface area contributed by atoms with E-state index in [1.54, 1.807) is 0 Å². The average Bonchev–Trinajstić information content (AvgIpc) is 3.06. The number of hydrogen-bond acceptors (Lipinski definition) is 5. The van der Waals surface area contributed by atoms with Crippen LogP contribution >= 0.6 is 11.8 Å². The topological polar surface area (TPSA) is 105 Å². The molecule has 0 radical (unpaired) electrons. The Morgan fingerprint density at radius 1 is 1.03 bits per heavy atom. The molecule has 5 rings (SSSR count). The van der Waals surface area contributed by atoms with Gasteiger partial charge in [0.15, 0.2) is 0 Å². The van der Waals surface area contributed by atoms with E-state index in [1.165, 1.54) is 0 Å². The minimum Gasteiger partial charge on any atom is -0.481 e. The number of rotatable bonds is 7. The molecule has 1 saturated carbocycles. The Balaban J connectivity index is 1.20. The maximum Gasteiger partial charge on any atom is 0.407 e. The van der Waals surface area contributed by atoms with E-state index >= 15 is 0 Å². The predicted octanol–water partition coefficient (Wildman–Crippen LogP) is 3.38. The number of hydrogen-bond donors (Lipinski definition) is 3. The molecule has 1 heterocycles. The monoisotopic (exact) mass is 466 g/mol. The molecule has 8 heteroatoms. The highest BCUT2D eigenvalue weighted by Crippen LogP contribution is 2.52. The molecule has 7 nitrogen and oxygen atoms in total. The standard InChI is InChI=1S/C25H26N2O5S/c28-22(29)9-21(23(30)26-15-10-25(11-15)13-33-14-25)27-24(31)32-12-20-18-7-3-1-5-16(18)17-6-2-4-8-19(17)20/h1-8,15,20-21H,9-14H2,(H,26,30)(H,27,31)(H,28,29).